The topological polar surface area (TPSA) is 190 Å². The largest absolute Gasteiger partial charge is 1.00 e. The minimum Gasteiger partial charge on any atom is -1.00 e. The molecule has 3 N–H and O–H groups in total. The number of amides is 2. The van der Waals surface area contributed by atoms with Gasteiger partial charge in [0.25, 0.3) is 16.6 Å². The standard InChI is InChI=1S/C26H33F3N2OS.C14H14F3NS.C13H23NO4S.C2H3N.CH2O3.2K.H/c1-16-5-7-19(8-6-16)30-25(32)21-13-18(21)14-31-11-9-17(10-12-31)22-15-33-24-20(22)3-2-4-23(24)26(27,28)29;15-14(16,17)12-3-1-2-10-11(8-19-13(10)12)9-4-6-18-7-5-9;1-9-3-5-11(6-4-9)14-13(15)12-7-10(12)8-18-19(2,16)17;1-2-3;2-1-4-3;;;/h2-4,15-19,21H,5-14H2,1H3,(H,30,32);1-3,8-9,18H,4-7H2;9-12H,3-8H2,1-2H3,(H,14,15);1H3;1,3H;;;/q;;;;;2*+1;-1/p-1/t16?,18-,19?,21+;;9?,10-,11?,12?;;;;;/m0.0...../s1. The number of hydrogen-bond acceptors (Lipinski definition) is 13. The van der Waals surface area contributed by atoms with Crippen LogP contribution in [0.25, 0.3) is 20.2 Å². The van der Waals surface area contributed by atoms with Crippen LogP contribution in [0.5, 0.6) is 0 Å². The number of fused-ring (bicyclic) bond motifs is 2. The van der Waals surface area contributed by atoms with Crippen LogP contribution >= 0.6 is 22.7 Å². The number of nitrogens with zero attached hydrogens (tertiary/aromatic N) is 2. The SMILES string of the molecule is CC#N.CC1CCC(NC(=O)C2C[C@H]2COS(C)(=O)=O)CC1.CC1CCC(NC(=O)[C@@H]2C[C@H]2CN2CCC(c3csc4c(C(F)(F)F)cccc34)CC2)CC1.FC(F)(F)c1cccc2c(C3CCNCC3)csc12.O=CO[O-].[H-].[K+].[K+]. The van der Waals surface area contributed by atoms with Gasteiger partial charge < -0.3 is 32.4 Å². The maximum atomic E-state index is 13.4. The van der Waals surface area contributed by atoms with Crippen LogP contribution in [0.2, 0.25) is 0 Å². The van der Waals surface area contributed by atoms with E-state index >= 15 is 0 Å². The average molecular weight is 1230 g/mol. The van der Waals surface area contributed by atoms with Gasteiger partial charge >= 0.3 is 115 Å². The number of hydrogen-bond donors (Lipinski definition) is 3. The van der Waals surface area contributed by atoms with Gasteiger partial charge in [0, 0.05) is 46.8 Å². The van der Waals surface area contributed by atoms with Crippen LogP contribution in [0.1, 0.15) is 146 Å². The van der Waals surface area contributed by atoms with Crippen molar-refractivity contribution < 1.29 is 168 Å². The molecule has 4 saturated carbocycles. The molecule has 80 heavy (non-hydrogen) atoms. The summed E-state index contributed by atoms with van der Waals surface area (Å²) in [6.45, 7) is 10.7. The van der Waals surface area contributed by atoms with Gasteiger partial charge in [0.05, 0.1) is 30.1 Å². The Kier molecular flexibility index (Phi) is 30.1. The predicted octanol–water partition coefficient (Wildman–Crippen LogP) is 5.20. The van der Waals surface area contributed by atoms with Gasteiger partial charge in [0.1, 0.15) is 0 Å². The molecule has 2 aliphatic heterocycles. The third kappa shape index (κ3) is 22.0. The molecule has 6 aliphatic rings. The van der Waals surface area contributed by atoms with Crippen LogP contribution in [-0.2, 0) is 45.9 Å². The van der Waals surface area contributed by atoms with Gasteiger partial charge in [-0.2, -0.15) is 40.0 Å². The first-order valence-corrected chi connectivity index (χ1v) is 30.7. The summed E-state index contributed by atoms with van der Waals surface area (Å²) >= 11 is 2.44. The fourth-order valence-electron chi connectivity index (χ4n) is 11.3. The molecule has 2 aromatic heterocycles. The minimum atomic E-state index is -4.31. The number of halogens is 6. The molecule has 0 radical (unpaired) electrons. The molecule has 434 valence electrons. The molecular weight excluding hydrogens is 1160 g/mol. The average Bonchev–Trinajstić information content (AvgIpc) is 4.47. The van der Waals surface area contributed by atoms with Crippen molar-refractivity contribution in [2.45, 2.75) is 147 Å². The van der Waals surface area contributed by atoms with Crippen molar-refractivity contribution in [3.05, 3.63) is 69.4 Å². The van der Waals surface area contributed by atoms with Gasteiger partial charge in [0.2, 0.25) is 11.8 Å². The summed E-state index contributed by atoms with van der Waals surface area (Å²) in [5, 5.41) is 30.8. The maximum absolute atomic E-state index is 13.4. The second kappa shape index (κ2) is 33.7. The van der Waals surface area contributed by atoms with Gasteiger partial charge in [-0.3, -0.25) is 18.6 Å². The molecule has 2 saturated heterocycles. The van der Waals surface area contributed by atoms with Crippen LogP contribution in [0.4, 0.5) is 26.3 Å². The fraction of sp³-hybridized carbons (Fsp3) is 0.643. The van der Waals surface area contributed by atoms with E-state index in [1.165, 1.54) is 79.5 Å². The zero-order chi connectivity index (χ0) is 56.8. The molecule has 1 unspecified atom stereocenters. The predicted molar refractivity (Wildman–Crippen MR) is 290 cm³/mol. The summed E-state index contributed by atoms with van der Waals surface area (Å²) in [7, 11) is -3.39. The third-order valence-corrected chi connectivity index (χ3v) is 18.6. The van der Waals surface area contributed by atoms with Crippen LogP contribution in [0.15, 0.2) is 47.2 Å². The quantitative estimate of drug-likeness (QED) is 0.0423. The molecule has 24 heteroatoms. The smallest absolute Gasteiger partial charge is 1.00 e. The Bertz CT molecular complexity index is 2740. The van der Waals surface area contributed by atoms with Gasteiger partial charge in [-0.1, -0.05) is 38.1 Å². The third-order valence-electron chi connectivity index (χ3n) is 15.9. The van der Waals surface area contributed by atoms with Crippen molar-refractivity contribution in [1.29, 1.82) is 5.26 Å². The first kappa shape index (κ1) is 71.4. The van der Waals surface area contributed by atoms with Crippen molar-refractivity contribution >= 4 is 71.3 Å². The van der Waals surface area contributed by atoms with E-state index in [0.29, 0.717) is 39.2 Å². The summed E-state index contributed by atoms with van der Waals surface area (Å²) in [5.41, 5.74) is 1.14. The Hall–Kier alpha value is -1.10. The minimum absolute atomic E-state index is 0. The molecule has 2 amide bonds. The monoisotopic (exact) mass is 1230 g/mol. The van der Waals surface area contributed by atoms with E-state index in [1.54, 1.807) is 6.07 Å². The Labute approximate surface area is 561 Å². The number of carbonyl (C=O) groups is 3. The van der Waals surface area contributed by atoms with Crippen LogP contribution in [0.3, 0.4) is 0 Å². The van der Waals surface area contributed by atoms with Crippen LogP contribution < -0.4 is 124 Å². The summed E-state index contributed by atoms with van der Waals surface area (Å²) in [6, 6.07) is 11.5. The normalized spacial score (nSPS) is 25.0. The molecular formula is C56H75F6K2N5O8S3. The van der Waals surface area contributed by atoms with Gasteiger partial charge in [-0.05, 0) is 196 Å². The summed E-state index contributed by atoms with van der Waals surface area (Å²) in [5.74, 6) is 3.21. The molecule has 10 rings (SSSR count). The first-order chi connectivity index (χ1) is 37.0. The van der Waals surface area contributed by atoms with Crippen molar-refractivity contribution in [2.24, 2.45) is 35.5 Å². The molecule has 0 spiro atoms. The van der Waals surface area contributed by atoms with Crippen molar-refractivity contribution in [3.8, 4) is 6.07 Å². The number of likely N-dealkylation sites (tertiary alicyclic amines) is 1. The van der Waals surface area contributed by atoms with E-state index in [9.17, 15) is 44.3 Å². The first-order valence-electron chi connectivity index (χ1n) is 27.1. The number of nitrogens with one attached hydrogen (secondary N) is 3. The van der Waals surface area contributed by atoms with E-state index in [1.807, 2.05) is 22.9 Å². The number of carbonyl (C=O) groups excluding carboxylic acids is 3. The Balaban J connectivity index is 0.000000311. The van der Waals surface area contributed by atoms with Gasteiger partial charge in [-0.25, -0.2) is 0 Å². The molecule has 2 aromatic carbocycles. The summed E-state index contributed by atoms with van der Waals surface area (Å²) in [4.78, 5) is 38.3. The van der Waals surface area contributed by atoms with Crippen molar-refractivity contribution in [3.63, 3.8) is 0 Å². The van der Waals surface area contributed by atoms with E-state index in [4.69, 9.17) is 19.5 Å². The van der Waals surface area contributed by atoms with E-state index in [0.717, 1.165) is 137 Å². The van der Waals surface area contributed by atoms with E-state index < -0.39 is 33.6 Å². The molecule has 4 heterocycles. The van der Waals surface area contributed by atoms with Gasteiger partial charge in [-0.15, -0.1) is 22.7 Å². The van der Waals surface area contributed by atoms with Crippen LogP contribution in [0, 0.1) is 46.8 Å². The second-order valence-corrected chi connectivity index (χ2v) is 25.3. The Morgan fingerprint density at radius 3 is 1.55 bits per heavy atom. The molecule has 4 aromatic rings. The van der Waals surface area contributed by atoms with Crippen molar-refractivity contribution in [2.75, 3.05) is 45.6 Å². The number of nitriles is 1. The summed E-state index contributed by atoms with van der Waals surface area (Å²) < 4.78 is 106. The maximum Gasteiger partial charge on any atom is 1.00 e. The number of thiophene rings is 2. The zero-order valence-electron chi connectivity index (χ0n) is 47.8. The second-order valence-electron chi connectivity index (χ2n) is 21.9. The molecule has 13 nitrogen and oxygen atoms in total. The van der Waals surface area contributed by atoms with Crippen LogP contribution in [-0.4, -0.2) is 89.3 Å². The van der Waals surface area contributed by atoms with Gasteiger partial charge in [0.15, 0.2) is 0 Å². The Morgan fingerprint density at radius 2 is 1.15 bits per heavy atom. The molecule has 0 bridgehead atoms. The molecule has 4 atom stereocenters. The van der Waals surface area contributed by atoms with Crippen molar-refractivity contribution in [1.82, 2.24) is 20.9 Å². The Morgan fingerprint density at radius 1 is 0.750 bits per heavy atom. The fourth-order valence-corrected chi connectivity index (χ4v) is 14.1. The summed E-state index contributed by atoms with van der Waals surface area (Å²) in [6.07, 6.45) is 7.24. The van der Waals surface area contributed by atoms with E-state index in [-0.39, 0.29) is 147 Å². The molecule has 6 fully saturated rings. The number of piperidine rings is 2. The zero-order valence-corrected chi connectivity index (χ0v) is 55.5. The number of alkyl halides is 6. The number of benzene rings is 2. The number of rotatable bonds is 12. The molecule has 4 aliphatic carbocycles. The van der Waals surface area contributed by atoms with E-state index in [2.05, 4.69) is 39.6 Å².